The predicted molar refractivity (Wildman–Crippen MR) is 114 cm³/mol. The first-order valence-electron chi connectivity index (χ1n) is 9.62. The van der Waals surface area contributed by atoms with E-state index in [1.54, 1.807) is 4.90 Å². The van der Waals surface area contributed by atoms with Crippen molar-refractivity contribution in [1.82, 2.24) is 4.90 Å². The quantitative estimate of drug-likeness (QED) is 0.467. The fraction of sp³-hybridized carbons (Fsp3) is 0.409. The lowest BCUT2D eigenvalue weighted by molar-refractivity contribution is 0.183. The van der Waals surface area contributed by atoms with E-state index in [1.807, 2.05) is 36.4 Å². The molecule has 1 heterocycles. The van der Waals surface area contributed by atoms with E-state index in [0.717, 1.165) is 29.6 Å². The molecule has 0 aromatic heterocycles. The van der Waals surface area contributed by atoms with Crippen LogP contribution in [0.3, 0.4) is 0 Å². The van der Waals surface area contributed by atoms with Crippen molar-refractivity contribution in [2.75, 3.05) is 13.1 Å². The van der Waals surface area contributed by atoms with Crippen LogP contribution in [0.25, 0.3) is 0 Å². The number of likely N-dealkylation sites (tertiary alicyclic amines) is 1. The maximum atomic E-state index is 12.2. The van der Waals surface area contributed by atoms with Crippen LogP contribution in [0.15, 0.2) is 60.7 Å². The predicted octanol–water partition coefficient (Wildman–Crippen LogP) is 3.98. The maximum Gasteiger partial charge on any atom is 0.316 e. The van der Waals surface area contributed by atoms with Gasteiger partial charge in [0.2, 0.25) is 0 Å². The van der Waals surface area contributed by atoms with Gasteiger partial charge in [-0.25, -0.2) is 0 Å². The molecule has 0 unspecified atom stereocenters. The Bertz CT molecular complexity index is 719. The molecule has 1 amide bonds. The number of piperidine rings is 1. The van der Waals surface area contributed by atoms with E-state index in [9.17, 15) is 9.59 Å². The summed E-state index contributed by atoms with van der Waals surface area (Å²) in [7, 11) is -2.96. The molecule has 0 saturated carbocycles. The molecule has 1 saturated heterocycles. The molecule has 144 valence electrons. The molecule has 1 fully saturated rings. The van der Waals surface area contributed by atoms with Crippen LogP contribution in [-0.4, -0.2) is 36.5 Å². The van der Waals surface area contributed by atoms with E-state index in [1.165, 1.54) is 0 Å². The van der Waals surface area contributed by atoms with Gasteiger partial charge in [-0.15, -0.1) is 0 Å². The van der Waals surface area contributed by atoms with Gasteiger partial charge in [-0.1, -0.05) is 74.5 Å². The van der Waals surface area contributed by atoms with Gasteiger partial charge in [-0.05, 0) is 52.2 Å². The second-order valence-electron chi connectivity index (χ2n) is 8.21. The Kier molecular flexibility index (Phi) is 6.09. The van der Waals surface area contributed by atoms with Gasteiger partial charge in [-0.3, -0.25) is 4.79 Å². The van der Waals surface area contributed by atoms with Crippen LogP contribution < -0.4 is 10.4 Å². The highest BCUT2D eigenvalue weighted by molar-refractivity contribution is 6.98. The van der Waals surface area contributed by atoms with Crippen LogP contribution in [-0.2, 0) is 0 Å². The molecule has 2 aromatic carbocycles. The van der Waals surface area contributed by atoms with E-state index in [-0.39, 0.29) is 10.4 Å². The number of carbonyl (C=O) groups is 1. The highest BCUT2D eigenvalue weighted by Crippen LogP contribution is 2.43. The van der Waals surface area contributed by atoms with Crippen molar-refractivity contribution in [3.05, 3.63) is 60.7 Å². The first-order chi connectivity index (χ1) is 12.8. The fourth-order valence-electron chi connectivity index (χ4n) is 4.49. The number of benzene rings is 2. The van der Waals surface area contributed by atoms with Crippen molar-refractivity contribution in [2.45, 2.75) is 38.1 Å². The number of amides is 1. The smallest absolute Gasteiger partial charge is 0.316 e. The summed E-state index contributed by atoms with van der Waals surface area (Å²) in [5.74, 6) is 0.485. The van der Waals surface area contributed by atoms with Crippen molar-refractivity contribution in [1.29, 1.82) is 0 Å². The first kappa shape index (κ1) is 20.1. The Morgan fingerprint density at radius 2 is 1.48 bits per heavy atom. The fourth-order valence-corrected chi connectivity index (χ4v) is 8.49. The average molecular weight is 402 g/mol. The zero-order valence-corrected chi connectivity index (χ0v) is 17.8. The highest BCUT2D eigenvalue weighted by atomic mass is 35.5. The number of hydrogen-bond donors (Lipinski definition) is 1. The number of nitrogens with zero attached hydrogens (tertiary/aromatic N) is 1. The molecular weight excluding hydrogens is 374 g/mol. The highest BCUT2D eigenvalue weighted by Gasteiger charge is 2.50. The van der Waals surface area contributed by atoms with Crippen LogP contribution in [0.1, 0.15) is 33.1 Å². The third kappa shape index (κ3) is 4.13. The Hall–Kier alpha value is -1.62. The van der Waals surface area contributed by atoms with Gasteiger partial charge in [-0.2, -0.15) is 0 Å². The number of rotatable bonds is 5. The molecule has 1 aliphatic rings. The summed E-state index contributed by atoms with van der Waals surface area (Å²) >= 11 is 5.62. The van der Waals surface area contributed by atoms with Crippen LogP contribution in [0, 0.1) is 5.92 Å². The third-order valence-electron chi connectivity index (χ3n) is 6.02. The summed E-state index contributed by atoms with van der Waals surface area (Å²) in [5.41, 5.74) is 0. The molecule has 0 aliphatic carbocycles. The van der Waals surface area contributed by atoms with E-state index in [2.05, 4.69) is 38.1 Å². The molecule has 3 rings (SSSR count). The molecule has 2 aromatic rings. The van der Waals surface area contributed by atoms with Crippen LogP contribution >= 0.6 is 11.6 Å². The van der Waals surface area contributed by atoms with Crippen molar-refractivity contribution in [2.24, 2.45) is 5.92 Å². The number of halogens is 1. The molecule has 1 aliphatic heterocycles. The number of hydrogen-bond acceptors (Lipinski definition) is 2. The van der Waals surface area contributed by atoms with Gasteiger partial charge in [0.1, 0.15) is 0 Å². The Balaban J connectivity index is 1.89. The molecule has 0 atom stereocenters. The average Bonchev–Trinajstić information content (AvgIpc) is 2.68. The molecule has 0 spiro atoms. The van der Waals surface area contributed by atoms with Gasteiger partial charge in [0.25, 0.3) is 8.32 Å². The minimum Gasteiger partial charge on any atom is -0.424 e. The minimum atomic E-state index is -2.96. The summed E-state index contributed by atoms with van der Waals surface area (Å²) in [6.07, 6.45) is 2.82. The lowest BCUT2D eigenvalue weighted by atomic mass is 9.88. The zero-order chi connectivity index (χ0) is 19.5. The molecule has 27 heavy (non-hydrogen) atoms. The van der Waals surface area contributed by atoms with Gasteiger partial charge in [0.15, 0.2) is 0 Å². The zero-order valence-electron chi connectivity index (χ0n) is 16.1. The monoisotopic (exact) mass is 401 g/mol. The van der Waals surface area contributed by atoms with Gasteiger partial charge < -0.3 is 9.70 Å². The number of carbonyl (C=O) groups excluding carboxylic acids is 1. The molecule has 0 radical (unpaired) electrons. The summed E-state index contributed by atoms with van der Waals surface area (Å²) in [4.78, 5) is 25.3. The summed E-state index contributed by atoms with van der Waals surface area (Å²) in [6, 6.07) is 20.3. The lowest BCUT2D eigenvalue weighted by Gasteiger charge is -2.44. The standard InChI is InChI=1S/C22H28ClNO2Si/c1-22(2,17-18-13-15-24(16-14-18)21(23)25)27(26,19-9-5-3-6-10-19)20-11-7-4-8-12-20/h3-12,18,26H,13-17H2,1-2H3. The summed E-state index contributed by atoms with van der Waals surface area (Å²) in [6.45, 7) is 5.83. The minimum absolute atomic E-state index is 0.243. The second kappa shape index (κ2) is 8.17. The van der Waals surface area contributed by atoms with Crippen molar-refractivity contribution < 1.29 is 9.59 Å². The van der Waals surface area contributed by atoms with Crippen LogP contribution in [0.2, 0.25) is 5.04 Å². The van der Waals surface area contributed by atoms with Crippen molar-refractivity contribution in [3.63, 3.8) is 0 Å². The Morgan fingerprint density at radius 3 is 1.89 bits per heavy atom. The topological polar surface area (TPSA) is 40.5 Å². The normalized spacial score (nSPS) is 16.4. The lowest BCUT2D eigenvalue weighted by Crippen LogP contribution is -2.65. The van der Waals surface area contributed by atoms with E-state index in [0.29, 0.717) is 19.0 Å². The molecular formula is C22H28ClNO2Si. The van der Waals surface area contributed by atoms with Crippen LogP contribution in [0.5, 0.6) is 0 Å². The summed E-state index contributed by atoms with van der Waals surface area (Å²) in [5, 5.41) is 1.50. The summed E-state index contributed by atoms with van der Waals surface area (Å²) < 4.78 is 0. The molecule has 0 bridgehead atoms. The second-order valence-corrected chi connectivity index (χ2v) is 12.5. The van der Waals surface area contributed by atoms with Crippen molar-refractivity contribution >= 4 is 35.7 Å². The SMILES string of the molecule is CC(C)(CC1CCN(C(=O)Cl)CC1)[Si](O)(c1ccccc1)c1ccccc1. The van der Waals surface area contributed by atoms with Gasteiger partial charge in [0, 0.05) is 13.1 Å². The van der Waals surface area contributed by atoms with E-state index >= 15 is 0 Å². The third-order valence-corrected chi connectivity index (χ3v) is 10.8. The first-order valence-corrected chi connectivity index (χ1v) is 11.9. The Morgan fingerprint density at radius 1 is 1.04 bits per heavy atom. The molecule has 5 heteroatoms. The van der Waals surface area contributed by atoms with Gasteiger partial charge >= 0.3 is 5.37 Å². The van der Waals surface area contributed by atoms with E-state index in [4.69, 9.17) is 11.6 Å². The van der Waals surface area contributed by atoms with Crippen LogP contribution in [0.4, 0.5) is 4.79 Å². The maximum absolute atomic E-state index is 12.2. The molecule has 3 nitrogen and oxygen atoms in total. The largest absolute Gasteiger partial charge is 0.424 e. The van der Waals surface area contributed by atoms with Crippen molar-refractivity contribution in [3.8, 4) is 0 Å². The van der Waals surface area contributed by atoms with E-state index < -0.39 is 8.32 Å². The Labute approximate surface area is 168 Å². The van der Waals surface area contributed by atoms with Gasteiger partial charge in [0.05, 0.1) is 0 Å². The molecule has 1 N–H and O–H groups in total.